The van der Waals surface area contributed by atoms with Gasteiger partial charge in [0.15, 0.2) is 17.3 Å². The normalized spacial score (nSPS) is 17.0. The summed E-state index contributed by atoms with van der Waals surface area (Å²) in [7, 11) is 3.17. The van der Waals surface area contributed by atoms with Crippen LogP contribution in [0.15, 0.2) is 36.4 Å². The molecule has 2 atom stereocenters. The number of para-hydroxylation sites is 1. The Balaban J connectivity index is 1.97. The van der Waals surface area contributed by atoms with Gasteiger partial charge in [-0.2, -0.15) is 0 Å². The zero-order chi connectivity index (χ0) is 24.4. The lowest BCUT2D eigenvalue weighted by Gasteiger charge is -2.24. The van der Waals surface area contributed by atoms with Gasteiger partial charge in [0.2, 0.25) is 0 Å². The standard InChI is InChI=1S/C25H28ClN3O5/c1-6-33-21(30)13-20-25-28-27-24(14(2)3)29(25)18-11-10-15(26)12-17(18)22(34-20)16-8-7-9-19(31-4)23(16)32-5/h7-12,14,20,22H,6,13H2,1-5H3/t20-,22-/m0/s1. The molecule has 1 aliphatic heterocycles. The Hall–Kier alpha value is -3.10. The van der Waals surface area contributed by atoms with Crippen molar-refractivity contribution >= 4 is 17.6 Å². The molecular weight excluding hydrogens is 458 g/mol. The van der Waals surface area contributed by atoms with E-state index in [0.29, 0.717) is 22.3 Å². The largest absolute Gasteiger partial charge is 0.493 e. The summed E-state index contributed by atoms with van der Waals surface area (Å²) in [6, 6.07) is 11.2. The Kier molecular flexibility index (Phi) is 7.09. The number of methoxy groups -OCH3 is 2. The summed E-state index contributed by atoms with van der Waals surface area (Å²) in [5.74, 6) is 2.10. The lowest BCUT2D eigenvalue weighted by atomic mass is 9.98. The second-order valence-electron chi connectivity index (χ2n) is 8.21. The lowest BCUT2D eigenvalue weighted by molar-refractivity contribution is -0.147. The molecule has 180 valence electrons. The van der Waals surface area contributed by atoms with Crippen LogP contribution >= 0.6 is 11.6 Å². The molecular formula is C25H28ClN3O5. The maximum absolute atomic E-state index is 12.5. The van der Waals surface area contributed by atoms with Crippen LogP contribution in [0.1, 0.15) is 68.1 Å². The van der Waals surface area contributed by atoms with Crippen molar-refractivity contribution < 1.29 is 23.7 Å². The van der Waals surface area contributed by atoms with Gasteiger partial charge >= 0.3 is 5.97 Å². The van der Waals surface area contributed by atoms with Gasteiger partial charge in [-0.3, -0.25) is 9.36 Å². The van der Waals surface area contributed by atoms with Gasteiger partial charge < -0.3 is 18.9 Å². The fourth-order valence-electron chi connectivity index (χ4n) is 4.25. The number of esters is 1. The van der Waals surface area contributed by atoms with Gasteiger partial charge in [-0.15, -0.1) is 10.2 Å². The Labute approximate surface area is 203 Å². The Morgan fingerprint density at radius 1 is 1.15 bits per heavy atom. The fourth-order valence-corrected chi connectivity index (χ4v) is 4.43. The average Bonchev–Trinajstić information content (AvgIpc) is 3.21. The third-order valence-corrected chi connectivity index (χ3v) is 5.94. The molecule has 0 fully saturated rings. The number of aromatic nitrogens is 3. The predicted octanol–water partition coefficient (Wildman–Crippen LogP) is 5.18. The number of hydrogen-bond acceptors (Lipinski definition) is 7. The molecule has 0 unspecified atom stereocenters. The molecule has 0 N–H and O–H groups in total. The van der Waals surface area contributed by atoms with E-state index >= 15 is 0 Å². The molecule has 2 aromatic carbocycles. The van der Waals surface area contributed by atoms with Gasteiger partial charge in [0.05, 0.1) is 32.9 Å². The molecule has 34 heavy (non-hydrogen) atoms. The van der Waals surface area contributed by atoms with Crippen molar-refractivity contribution in [1.29, 1.82) is 0 Å². The summed E-state index contributed by atoms with van der Waals surface area (Å²) in [6.45, 7) is 6.13. The molecule has 4 rings (SSSR count). The maximum Gasteiger partial charge on any atom is 0.308 e. The number of hydrogen-bond donors (Lipinski definition) is 0. The van der Waals surface area contributed by atoms with Crippen LogP contribution in [0.25, 0.3) is 5.69 Å². The quantitative estimate of drug-likeness (QED) is 0.426. The molecule has 0 radical (unpaired) electrons. The number of carbonyl (C=O) groups is 1. The number of halogens is 1. The highest BCUT2D eigenvalue weighted by molar-refractivity contribution is 6.30. The van der Waals surface area contributed by atoms with Gasteiger partial charge in [0.25, 0.3) is 0 Å². The minimum Gasteiger partial charge on any atom is -0.493 e. The fraction of sp³-hybridized carbons (Fsp3) is 0.400. The van der Waals surface area contributed by atoms with Crippen molar-refractivity contribution in [2.75, 3.05) is 20.8 Å². The molecule has 0 saturated heterocycles. The number of carbonyl (C=O) groups excluding carboxylic acids is 1. The summed E-state index contributed by atoms with van der Waals surface area (Å²) in [6.07, 6.45) is -1.36. The lowest BCUT2D eigenvalue weighted by Crippen LogP contribution is -2.17. The zero-order valence-electron chi connectivity index (χ0n) is 19.9. The van der Waals surface area contributed by atoms with Gasteiger partial charge in [-0.1, -0.05) is 37.6 Å². The minimum absolute atomic E-state index is 0.0193. The van der Waals surface area contributed by atoms with Crippen molar-refractivity contribution in [2.24, 2.45) is 0 Å². The number of fused-ring (bicyclic) bond motifs is 3. The van der Waals surface area contributed by atoms with E-state index in [9.17, 15) is 4.79 Å². The molecule has 1 aliphatic rings. The van der Waals surface area contributed by atoms with E-state index in [4.69, 9.17) is 30.5 Å². The minimum atomic E-state index is -0.717. The first-order valence-electron chi connectivity index (χ1n) is 11.2. The molecule has 0 bridgehead atoms. The summed E-state index contributed by atoms with van der Waals surface area (Å²) < 4.78 is 25.1. The first-order valence-corrected chi connectivity index (χ1v) is 11.5. The van der Waals surface area contributed by atoms with Crippen molar-refractivity contribution in [3.63, 3.8) is 0 Å². The highest BCUT2D eigenvalue weighted by atomic mass is 35.5. The van der Waals surface area contributed by atoms with Crippen LogP contribution in [0.4, 0.5) is 0 Å². The van der Waals surface area contributed by atoms with Gasteiger partial charge in [-0.05, 0) is 31.2 Å². The topological polar surface area (TPSA) is 84.7 Å². The second kappa shape index (κ2) is 10.0. The number of benzene rings is 2. The Morgan fingerprint density at radius 3 is 2.62 bits per heavy atom. The molecule has 1 aromatic heterocycles. The number of rotatable bonds is 7. The average molecular weight is 486 g/mol. The van der Waals surface area contributed by atoms with Crippen LogP contribution in [0.5, 0.6) is 11.5 Å². The monoisotopic (exact) mass is 485 g/mol. The van der Waals surface area contributed by atoms with E-state index in [-0.39, 0.29) is 24.9 Å². The Morgan fingerprint density at radius 2 is 1.94 bits per heavy atom. The SMILES string of the molecule is CCOC(=O)C[C@@H]1O[C@@H](c2cccc(OC)c2OC)c2cc(Cl)ccc2-n2c(C(C)C)nnc21. The first-order chi connectivity index (χ1) is 16.4. The van der Waals surface area contributed by atoms with Gasteiger partial charge in [-0.25, -0.2) is 0 Å². The third-order valence-electron chi connectivity index (χ3n) is 5.70. The van der Waals surface area contributed by atoms with Crippen molar-refractivity contribution in [3.05, 3.63) is 64.2 Å². The number of nitrogens with zero attached hydrogens (tertiary/aromatic N) is 3. The molecule has 0 saturated carbocycles. The van der Waals surface area contributed by atoms with E-state index in [2.05, 4.69) is 10.2 Å². The first kappa shape index (κ1) is 24.0. The predicted molar refractivity (Wildman–Crippen MR) is 127 cm³/mol. The van der Waals surface area contributed by atoms with Crippen LogP contribution in [-0.2, 0) is 14.3 Å². The van der Waals surface area contributed by atoms with E-state index < -0.39 is 12.2 Å². The number of ether oxygens (including phenoxy) is 4. The van der Waals surface area contributed by atoms with Crippen LogP contribution in [0.2, 0.25) is 5.02 Å². The molecule has 2 heterocycles. The highest BCUT2D eigenvalue weighted by Gasteiger charge is 2.37. The van der Waals surface area contributed by atoms with Crippen LogP contribution in [0.3, 0.4) is 0 Å². The highest BCUT2D eigenvalue weighted by Crippen LogP contribution is 2.46. The molecule has 0 aliphatic carbocycles. The van der Waals surface area contributed by atoms with Crippen molar-refractivity contribution in [3.8, 4) is 17.2 Å². The summed E-state index contributed by atoms with van der Waals surface area (Å²) >= 11 is 6.45. The third kappa shape index (κ3) is 4.35. The van der Waals surface area contributed by atoms with Crippen molar-refractivity contribution in [2.45, 2.75) is 45.3 Å². The zero-order valence-corrected chi connectivity index (χ0v) is 20.6. The Bertz CT molecular complexity index is 1190. The van der Waals surface area contributed by atoms with Crippen LogP contribution in [-0.4, -0.2) is 41.6 Å². The van der Waals surface area contributed by atoms with Gasteiger partial charge in [0.1, 0.15) is 18.0 Å². The van der Waals surface area contributed by atoms with E-state index in [1.54, 1.807) is 21.1 Å². The summed E-state index contributed by atoms with van der Waals surface area (Å²) in [4.78, 5) is 12.5. The van der Waals surface area contributed by atoms with Crippen LogP contribution in [0, 0.1) is 0 Å². The van der Waals surface area contributed by atoms with E-state index in [0.717, 1.165) is 22.6 Å². The molecule has 9 heteroatoms. The molecule has 8 nitrogen and oxygen atoms in total. The maximum atomic E-state index is 12.5. The molecule has 0 amide bonds. The van der Waals surface area contributed by atoms with E-state index in [1.165, 1.54) is 0 Å². The second-order valence-corrected chi connectivity index (χ2v) is 8.64. The summed E-state index contributed by atoms with van der Waals surface area (Å²) in [5, 5.41) is 9.43. The van der Waals surface area contributed by atoms with E-state index in [1.807, 2.05) is 54.8 Å². The van der Waals surface area contributed by atoms with Crippen LogP contribution < -0.4 is 9.47 Å². The smallest absolute Gasteiger partial charge is 0.308 e. The molecule has 0 spiro atoms. The van der Waals surface area contributed by atoms with Gasteiger partial charge in [0, 0.05) is 22.1 Å². The summed E-state index contributed by atoms with van der Waals surface area (Å²) in [5.41, 5.74) is 2.37. The molecule has 3 aromatic rings. The van der Waals surface area contributed by atoms with Crippen molar-refractivity contribution in [1.82, 2.24) is 14.8 Å².